The number of likely N-dealkylation sites (tertiary alicyclic amines) is 1. The fourth-order valence-corrected chi connectivity index (χ4v) is 3.86. The van der Waals surface area contributed by atoms with Gasteiger partial charge in [0.1, 0.15) is 5.75 Å². The molecule has 1 amide bonds. The van der Waals surface area contributed by atoms with E-state index < -0.39 is 0 Å². The zero-order chi connectivity index (χ0) is 20.3. The lowest BCUT2D eigenvalue weighted by atomic mass is 9.86. The largest absolute Gasteiger partial charge is 0.496 e. The number of anilines is 1. The van der Waals surface area contributed by atoms with Gasteiger partial charge < -0.3 is 10.1 Å². The third-order valence-corrected chi connectivity index (χ3v) is 5.61. The minimum absolute atomic E-state index is 0.00262. The van der Waals surface area contributed by atoms with Gasteiger partial charge in [0.15, 0.2) is 0 Å². The number of benzene rings is 2. The van der Waals surface area contributed by atoms with Crippen molar-refractivity contribution in [2.24, 2.45) is 0 Å². The topological polar surface area (TPSA) is 41.6 Å². The van der Waals surface area contributed by atoms with Crippen LogP contribution >= 0.6 is 0 Å². The number of nitrogens with one attached hydrogen (secondary N) is 1. The van der Waals surface area contributed by atoms with E-state index in [1.807, 2.05) is 30.3 Å². The Morgan fingerprint density at radius 1 is 1.14 bits per heavy atom. The van der Waals surface area contributed by atoms with E-state index in [0.29, 0.717) is 17.4 Å². The molecule has 4 heteroatoms. The molecule has 4 nitrogen and oxygen atoms in total. The lowest BCUT2D eigenvalue weighted by Crippen LogP contribution is -2.29. The van der Waals surface area contributed by atoms with E-state index in [9.17, 15) is 4.79 Å². The van der Waals surface area contributed by atoms with Crippen LogP contribution in [0.3, 0.4) is 0 Å². The molecule has 1 aliphatic heterocycles. The number of nitrogens with zero attached hydrogens (tertiary/aromatic N) is 1. The monoisotopic (exact) mass is 380 g/mol. The van der Waals surface area contributed by atoms with Crippen LogP contribution < -0.4 is 10.1 Å². The van der Waals surface area contributed by atoms with E-state index in [0.717, 1.165) is 24.2 Å². The van der Waals surface area contributed by atoms with Crippen LogP contribution in [0.25, 0.3) is 0 Å². The Kier molecular flexibility index (Phi) is 6.09. The fraction of sp³-hybridized carbons (Fsp3) is 0.458. The summed E-state index contributed by atoms with van der Waals surface area (Å²) >= 11 is 0. The average molecular weight is 381 g/mol. The molecule has 28 heavy (non-hydrogen) atoms. The SMILES string of the molecule is COc1cc(C(C)(C)C)ccc1C(=O)Nc1cccc(C2CCCCN2C)c1. The molecule has 2 aromatic carbocycles. The highest BCUT2D eigenvalue weighted by atomic mass is 16.5. The van der Waals surface area contributed by atoms with E-state index >= 15 is 0 Å². The molecule has 0 aromatic heterocycles. The first-order chi connectivity index (χ1) is 13.3. The maximum absolute atomic E-state index is 12.9. The van der Waals surface area contributed by atoms with Crippen molar-refractivity contribution in [2.75, 3.05) is 26.0 Å². The molecule has 3 rings (SSSR count). The van der Waals surface area contributed by atoms with Crippen LogP contribution in [0.15, 0.2) is 42.5 Å². The molecule has 0 aliphatic carbocycles. The van der Waals surface area contributed by atoms with E-state index in [2.05, 4.69) is 50.2 Å². The van der Waals surface area contributed by atoms with Gasteiger partial charge >= 0.3 is 0 Å². The third kappa shape index (κ3) is 4.56. The van der Waals surface area contributed by atoms with Crippen LogP contribution in [0.1, 0.15) is 67.6 Å². The molecule has 1 saturated heterocycles. The van der Waals surface area contributed by atoms with Gasteiger partial charge in [0.2, 0.25) is 0 Å². The Labute approximate surface area is 168 Å². The van der Waals surface area contributed by atoms with Crippen molar-refractivity contribution in [2.45, 2.75) is 51.5 Å². The van der Waals surface area contributed by atoms with Crippen LogP contribution in [-0.4, -0.2) is 31.5 Å². The minimum atomic E-state index is -0.147. The number of piperidine rings is 1. The number of carbonyl (C=O) groups excluding carboxylic acids is 1. The highest BCUT2D eigenvalue weighted by Gasteiger charge is 2.22. The van der Waals surface area contributed by atoms with Gasteiger partial charge in [0.25, 0.3) is 5.91 Å². The van der Waals surface area contributed by atoms with Crippen molar-refractivity contribution in [3.8, 4) is 5.75 Å². The summed E-state index contributed by atoms with van der Waals surface area (Å²) in [6, 6.07) is 14.5. The molecule has 1 unspecified atom stereocenters. The first-order valence-corrected chi connectivity index (χ1v) is 10.1. The van der Waals surface area contributed by atoms with Crippen LogP contribution in [0, 0.1) is 0 Å². The smallest absolute Gasteiger partial charge is 0.259 e. The standard InChI is InChI=1S/C24H32N2O2/c1-24(2,3)18-12-13-20(22(16-18)28-5)23(27)25-19-10-8-9-17(15-19)21-11-6-7-14-26(21)4/h8-10,12-13,15-16,21H,6-7,11,14H2,1-5H3,(H,25,27). The van der Waals surface area contributed by atoms with Gasteiger partial charge in [0.05, 0.1) is 12.7 Å². The average Bonchev–Trinajstić information content (AvgIpc) is 2.67. The molecule has 0 spiro atoms. The molecule has 0 saturated carbocycles. The highest BCUT2D eigenvalue weighted by Crippen LogP contribution is 2.32. The van der Waals surface area contributed by atoms with Gasteiger partial charge in [-0.3, -0.25) is 9.69 Å². The zero-order valence-electron chi connectivity index (χ0n) is 17.7. The Morgan fingerprint density at radius 2 is 1.93 bits per heavy atom. The van der Waals surface area contributed by atoms with E-state index in [1.165, 1.54) is 18.4 Å². The summed E-state index contributed by atoms with van der Waals surface area (Å²) in [5, 5.41) is 3.05. The summed E-state index contributed by atoms with van der Waals surface area (Å²) in [5.74, 6) is 0.458. The lowest BCUT2D eigenvalue weighted by molar-refractivity contribution is 0.102. The van der Waals surface area contributed by atoms with Gasteiger partial charge in [-0.1, -0.05) is 45.4 Å². The van der Waals surface area contributed by atoms with E-state index in [-0.39, 0.29) is 11.3 Å². The molecule has 1 N–H and O–H groups in total. The number of hydrogen-bond donors (Lipinski definition) is 1. The molecule has 0 bridgehead atoms. The summed E-state index contributed by atoms with van der Waals surface area (Å²) in [4.78, 5) is 15.3. The van der Waals surface area contributed by atoms with Gasteiger partial charge in [-0.2, -0.15) is 0 Å². The molecular formula is C24H32N2O2. The van der Waals surface area contributed by atoms with Crippen LogP contribution in [-0.2, 0) is 5.41 Å². The van der Waals surface area contributed by atoms with Crippen molar-refractivity contribution in [3.05, 3.63) is 59.2 Å². The van der Waals surface area contributed by atoms with Crippen molar-refractivity contribution in [3.63, 3.8) is 0 Å². The number of rotatable bonds is 4. The second kappa shape index (κ2) is 8.36. The Bertz CT molecular complexity index is 839. The maximum Gasteiger partial charge on any atom is 0.259 e. The normalized spacial score (nSPS) is 18.0. The summed E-state index contributed by atoms with van der Waals surface area (Å²) in [6.07, 6.45) is 3.67. The number of carbonyl (C=O) groups is 1. The molecule has 1 heterocycles. The molecule has 150 valence electrons. The summed E-state index contributed by atoms with van der Waals surface area (Å²) in [5.41, 5.74) is 3.78. The second-order valence-corrected chi connectivity index (χ2v) is 8.74. The highest BCUT2D eigenvalue weighted by molar-refractivity contribution is 6.06. The predicted octanol–water partition coefficient (Wildman–Crippen LogP) is 5.40. The van der Waals surface area contributed by atoms with Crippen molar-refractivity contribution in [1.29, 1.82) is 0 Å². The van der Waals surface area contributed by atoms with Crippen molar-refractivity contribution in [1.82, 2.24) is 4.90 Å². The molecule has 1 aliphatic rings. The molecule has 0 radical (unpaired) electrons. The third-order valence-electron chi connectivity index (χ3n) is 5.61. The minimum Gasteiger partial charge on any atom is -0.496 e. The number of hydrogen-bond acceptors (Lipinski definition) is 3. The summed E-state index contributed by atoms with van der Waals surface area (Å²) in [6.45, 7) is 7.57. The molecule has 1 fully saturated rings. The van der Waals surface area contributed by atoms with E-state index in [4.69, 9.17) is 4.74 Å². The molecule has 1 atom stereocenters. The van der Waals surface area contributed by atoms with Gasteiger partial charge in [-0.25, -0.2) is 0 Å². The first-order valence-electron chi connectivity index (χ1n) is 10.1. The fourth-order valence-electron chi connectivity index (χ4n) is 3.86. The summed E-state index contributed by atoms with van der Waals surface area (Å²) in [7, 11) is 3.79. The molecule has 2 aromatic rings. The number of ether oxygens (including phenoxy) is 1. The second-order valence-electron chi connectivity index (χ2n) is 8.74. The number of methoxy groups -OCH3 is 1. The van der Waals surface area contributed by atoms with Crippen molar-refractivity contribution >= 4 is 11.6 Å². The Balaban J connectivity index is 1.81. The maximum atomic E-state index is 12.9. The Morgan fingerprint density at radius 3 is 2.61 bits per heavy atom. The number of amides is 1. The van der Waals surface area contributed by atoms with Gasteiger partial charge in [-0.05, 0) is 67.2 Å². The van der Waals surface area contributed by atoms with Crippen LogP contribution in [0.4, 0.5) is 5.69 Å². The van der Waals surface area contributed by atoms with E-state index in [1.54, 1.807) is 7.11 Å². The molecular weight excluding hydrogens is 348 g/mol. The lowest BCUT2D eigenvalue weighted by Gasteiger charge is -2.33. The van der Waals surface area contributed by atoms with Crippen molar-refractivity contribution < 1.29 is 9.53 Å². The Hall–Kier alpha value is -2.33. The summed E-state index contributed by atoms with van der Waals surface area (Å²) < 4.78 is 5.51. The van der Waals surface area contributed by atoms with Crippen LogP contribution in [0.5, 0.6) is 5.75 Å². The van der Waals surface area contributed by atoms with Gasteiger partial charge in [0, 0.05) is 11.7 Å². The quantitative estimate of drug-likeness (QED) is 0.772. The first kappa shape index (κ1) is 20.4. The van der Waals surface area contributed by atoms with Crippen LogP contribution in [0.2, 0.25) is 0 Å². The predicted molar refractivity (Wildman–Crippen MR) is 115 cm³/mol. The van der Waals surface area contributed by atoms with Gasteiger partial charge in [-0.15, -0.1) is 0 Å². The zero-order valence-corrected chi connectivity index (χ0v) is 17.7.